The zero-order valence-corrected chi connectivity index (χ0v) is 16.7. The van der Waals surface area contributed by atoms with Crippen LogP contribution in [0.25, 0.3) is 0 Å². The van der Waals surface area contributed by atoms with Gasteiger partial charge in [-0.25, -0.2) is 9.79 Å². The zero-order chi connectivity index (χ0) is 20.8. The second kappa shape index (κ2) is 13.2. The minimum absolute atomic E-state index is 0.157. The summed E-state index contributed by atoms with van der Waals surface area (Å²) >= 11 is 4.49. The Morgan fingerprint density at radius 2 is 1.71 bits per heavy atom. The van der Waals surface area contributed by atoms with E-state index in [9.17, 15) is 14.4 Å². The lowest BCUT2D eigenvalue weighted by molar-refractivity contribution is -0.145. The second-order valence-electron chi connectivity index (χ2n) is 6.64. The molecule has 0 radical (unpaired) electrons. The summed E-state index contributed by atoms with van der Waals surface area (Å²) in [6.07, 6.45) is 3.69. The second-order valence-corrected chi connectivity index (χ2v) is 6.83. The van der Waals surface area contributed by atoms with Crippen molar-refractivity contribution in [1.29, 1.82) is 0 Å². The first kappa shape index (κ1) is 24.1. The van der Waals surface area contributed by atoms with Crippen molar-refractivity contribution < 1.29 is 33.7 Å². The van der Waals surface area contributed by atoms with Gasteiger partial charge in [0.25, 0.3) is 11.8 Å². The summed E-state index contributed by atoms with van der Waals surface area (Å²) in [5, 5.41) is 11.0. The molecular weight excluding hydrogens is 388 g/mol. The lowest BCUT2D eigenvalue weighted by Gasteiger charge is -2.29. The highest BCUT2D eigenvalue weighted by atomic mass is 32.1. The molecule has 0 aromatic carbocycles. The van der Waals surface area contributed by atoms with E-state index >= 15 is 0 Å². The third-order valence-electron chi connectivity index (χ3n) is 3.77. The Kier molecular flexibility index (Phi) is 11.4. The molecule has 2 amide bonds. The number of carboxylic acids is 1. The van der Waals surface area contributed by atoms with Gasteiger partial charge in [0.2, 0.25) is 0 Å². The van der Waals surface area contributed by atoms with E-state index in [1.54, 1.807) is 0 Å². The largest absolute Gasteiger partial charge is 0.480 e. The Hall–Kier alpha value is -1.97. The van der Waals surface area contributed by atoms with Gasteiger partial charge in [-0.05, 0) is 25.1 Å². The van der Waals surface area contributed by atoms with Crippen LogP contribution in [-0.4, -0.2) is 85.7 Å². The molecule has 1 unspecified atom stereocenters. The molecular formula is C18H26N2O7S. The van der Waals surface area contributed by atoms with Gasteiger partial charge >= 0.3 is 5.97 Å². The van der Waals surface area contributed by atoms with Gasteiger partial charge in [-0.15, -0.1) is 0 Å². The summed E-state index contributed by atoms with van der Waals surface area (Å²) in [5.41, 5.74) is -0.538. The molecule has 9 nitrogen and oxygen atoms in total. The smallest absolute Gasteiger partial charge is 0.329 e. The summed E-state index contributed by atoms with van der Waals surface area (Å²) < 4.78 is 16.5. The highest BCUT2D eigenvalue weighted by Gasteiger charge is 2.27. The van der Waals surface area contributed by atoms with E-state index in [-0.39, 0.29) is 31.6 Å². The molecule has 0 aromatic rings. The number of carboxylic acid groups (broad SMARTS) is 1. The number of hydrogen-bond donors (Lipinski definition) is 1. The van der Waals surface area contributed by atoms with Gasteiger partial charge in [0.1, 0.15) is 6.61 Å². The van der Waals surface area contributed by atoms with E-state index in [4.69, 9.17) is 19.3 Å². The van der Waals surface area contributed by atoms with E-state index in [2.05, 4.69) is 22.4 Å². The Morgan fingerprint density at radius 1 is 1.14 bits per heavy atom. The van der Waals surface area contributed by atoms with Gasteiger partial charge in [-0.2, -0.15) is 0 Å². The molecule has 0 spiro atoms. The van der Waals surface area contributed by atoms with Crippen LogP contribution in [0, 0.1) is 5.41 Å². The highest BCUT2D eigenvalue weighted by molar-refractivity contribution is 7.78. The summed E-state index contributed by atoms with van der Waals surface area (Å²) in [6, 6.07) is 0. The van der Waals surface area contributed by atoms with Crippen LogP contribution in [0.2, 0.25) is 0 Å². The Bertz CT molecular complexity index is 601. The molecule has 1 heterocycles. The fourth-order valence-electron chi connectivity index (χ4n) is 2.41. The topological polar surface area (TPSA) is 115 Å². The number of hydrogen-bond acceptors (Lipinski definition) is 8. The minimum Gasteiger partial charge on any atom is -0.480 e. The van der Waals surface area contributed by atoms with Gasteiger partial charge < -0.3 is 19.3 Å². The maximum Gasteiger partial charge on any atom is 0.329 e. The number of rotatable bonds is 16. The van der Waals surface area contributed by atoms with Gasteiger partial charge in [-0.3, -0.25) is 14.5 Å². The molecule has 28 heavy (non-hydrogen) atoms. The number of aliphatic imine (C=N–C) groups is 1. The average Bonchev–Trinajstić information content (AvgIpc) is 2.96. The van der Waals surface area contributed by atoms with E-state index in [1.807, 2.05) is 6.92 Å². The van der Waals surface area contributed by atoms with E-state index in [0.717, 1.165) is 4.90 Å². The number of nitrogens with zero attached hydrogens (tertiary/aromatic N) is 2. The number of isothiocyanates is 1. The number of amides is 2. The van der Waals surface area contributed by atoms with Crippen LogP contribution in [0.1, 0.15) is 19.8 Å². The molecule has 0 aromatic heterocycles. The van der Waals surface area contributed by atoms with E-state index in [0.29, 0.717) is 39.2 Å². The first-order valence-corrected chi connectivity index (χ1v) is 9.31. The van der Waals surface area contributed by atoms with E-state index in [1.165, 1.54) is 12.2 Å². The molecule has 10 heteroatoms. The summed E-state index contributed by atoms with van der Waals surface area (Å²) in [6.45, 7) is 3.88. The third-order valence-corrected chi connectivity index (χ3v) is 3.90. The van der Waals surface area contributed by atoms with Crippen molar-refractivity contribution in [2.75, 3.05) is 52.7 Å². The Morgan fingerprint density at radius 3 is 2.29 bits per heavy atom. The molecule has 1 aliphatic heterocycles. The number of carbonyl (C=O) groups excluding carboxylic acids is 2. The molecule has 1 atom stereocenters. The quantitative estimate of drug-likeness (QED) is 0.172. The SMILES string of the molecule is CC(COCCCN=C=S)(COCCCN1C(=O)C=CC1=O)COCC(=O)O. The lowest BCUT2D eigenvalue weighted by atomic mass is 9.94. The molecule has 156 valence electrons. The Labute approximate surface area is 169 Å². The monoisotopic (exact) mass is 414 g/mol. The normalized spacial score (nSPS) is 15.5. The predicted molar refractivity (Wildman–Crippen MR) is 103 cm³/mol. The molecule has 0 saturated carbocycles. The average molecular weight is 414 g/mol. The van der Waals surface area contributed by atoms with Gasteiger partial charge in [0.05, 0.1) is 31.5 Å². The molecule has 1 aliphatic rings. The van der Waals surface area contributed by atoms with Crippen molar-refractivity contribution in [1.82, 2.24) is 4.90 Å². The maximum absolute atomic E-state index is 11.5. The molecule has 1 rings (SSSR count). The van der Waals surface area contributed by atoms with Gasteiger partial charge in [0, 0.05) is 37.3 Å². The van der Waals surface area contributed by atoms with Crippen LogP contribution in [0.4, 0.5) is 0 Å². The van der Waals surface area contributed by atoms with Crippen LogP contribution in [0.5, 0.6) is 0 Å². The van der Waals surface area contributed by atoms with E-state index < -0.39 is 18.0 Å². The number of aliphatic carboxylic acids is 1. The van der Waals surface area contributed by atoms with Crippen LogP contribution in [0.15, 0.2) is 17.1 Å². The fourth-order valence-corrected chi connectivity index (χ4v) is 2.51. The first-order chi connectivity index (χ1) is 13.4. The van der Waals surface area contributed by atoms with Crippen molar-refractivity contribution in [2.45, 2.75) is 19.8 Å². The fraction of sp³-hybridized carbons (Fsp3) is 0.667. The third kappa shape index (κ3) is 9.82. The van der Waals surface area contributed by atoms with Crippen LogP contribution in [0.3, 0.4) is 0 Å². The van der Waals surface area contributed by atoms with Crippen LogP contribution in [-0.2, 0) is 28.6 Å². The molecule has 1 N–H and O–H groups in total. The van der Waals surface area contributed by atoms with Gasteiger partial charge in [-0.1, -0.05) is 6.92 Å². The zero-order valence-electron chi connectivity index (χ0n) is 15.9. The first-order valence-electron chi connectivity index (χ1n) is 8.90. The predicted octanol–water partition coefficient (Wildman–Crippen LogP) is 0.935. The molecule has 0 saturated heterocycles. The lowest BCUT2D eigenvalue weighted by Crippen LogP contribution is -2.36. The molecule has 0 bridgehead atoms. The van der Waals surface area contributed by atoms with Crippen LogP contribution >= 0.6 is 12.2 Å². The molecule has 0 fully saturated rings. The maximum atomic E-state index is 11.5. The van der Waals surface area contributed by atoms with Crippen molar-refractivity contribution in [2.24, 2.45) is 10.4 Å². The number of carbonyl (C=O) groups is 3. The number of thiocarbonyl (C=S) groups is 1. The van der Waals surface area contributed by atoms with Gasteiger partial charge in [0.15, 0.2) is 0 Å². The van der Waals surface area contributed by atoms with Crippen molar-refractivity contribution in [3.05, 3.63) is 12.2 Å². The summed E-state index contributed by atoms with van der Waals surface area (Å²) in [7, 11) is 0. The minimum atomic E-state index is -1.05. The number of ether oxygens (including phenoxy) is 3. The highest BCUT2D eigenvalue weighted by Crippen LogP contribution is 2.19. The van der Waals surface area contributed by atoms with Crippen molar-refractivity contribution in [3.63, 3.8) is 0 Å². The van der Waals surface area contributed by atoms with Crippen LogP contribution < -0.4 is 0 Å². The van der Waals surface area contributed by atoms with Crippen molar-refractivity contribution in [3.8, 4) is 0 Å². The number of imide groups is 1. The summed E-state index contributed by atoms with van der Waals surface area (Å²) in [4.78, 5) is 38.6. The standard InChI is InChI=1S/C18H26N2O7S/c1-18(13-27-10-17(23)24,11-25-8-2-6-19-14-28)12-26-9-3-7-20-15(21)4-5-16(20)22/h4-5H,2-3,6-13H2,1H3,(H,23,24). The van der Waals surface area contributed by atoms with Crippen molar-refractivity contribution >= 4 is 35.2 Å². The summed E-state index contributed by atoms with van der Waals surface area (Å²) in [5.74, 6) is -1.68. The Balaban J connectivity index is 2.34. The molecule has 0 aliphatic carbocycles.